The first kappa shape index (κ1) is 21.9. The monoisotopic (exact) mass is 354 g/mol. The standard InChI is InChI=1S/C20H38N2O3/c1-4-21(5-2)15-10-11-16-22(17-14-19(23)25-6-3)20(24)18-12-8-7-9-13-18/h18H,4-17H2,1-3H3. The molecule has 5 nitrogen and oxygen atoms in total. The minimum atomic E-state index is -0.202. The molecule has 0 atom stereocenters. The van der Waals surface area contributed by atoms with Gasteiger partial charge >= 0.3 is 5.97 Å². The molecule has 1 aliphatic carbocycles. The fourth-order valence-electron chi connectivity index (χ4n) is 3.58. The van der Waals surface area contributed by atoms with Crippen LogP contribution in [0.1, 0.15) is 72.1 Å². The number of unbranched alkanes of at least 4 members (excludes halogenated alkanes) is 1. The summed E-state index contributed by atoms with van der Waals surface area (Å²) < 4.78 is 5.02. The lowest BCUT2D eigenvalue weighted by atomic mass is 9.88. The summed E-state index contributed by atoms with van der Waals surface area (Å²) in [6, 6.07) is 0. The normalized spacial score (nSPS) is 15.4. The molecular weight excluding hydrogens is 316 g/mol. The number of ether oxygens (including phenoxy) is 1. The second-order valence-electron chi connectivity index (χ2n) is 6.95. The second kappa shape index (κ2) is 13.2. The molecule has 0 N–H and O–H groups in total. The quantitative estimate of drug-likeness (QED) is 0.398. The summed E-state index contributed by atoms with van der Waals surface area (Å²) >= 11 is 0. The molecule has 0 aliphatic heterocycles. The largest absolute Gasteiger partial charge is 0.466 e. The number of amides is 1. The predicted octanol–water partition coefficient (Wildman–Crippen LogP) is 3.47. The Kier molecular flexibility index (Phi) is 11.5. The minimum absolute atomic E-state index is 0.165. The SMILES string of the molecule is CCOC(=O)CCN(CCCCN(CC)CC)C(=O)C1CCCCC1. The number of carbonyl (C=O) groups excluding carboxylic acids is 2. The van der Waals surface area contributed by atoms with E-state index in [2.05, 4.69) is 18.7 Å². The highest BCUT2D eigenvalue weighted by Crippen LogP contribution is 2.25. The van der Waals surface area contributed by atoms with Crippen LogP contribution in [0.15, 0.2) is 0 Å². The Bertz CT molecular complexity index is 377. The molecular formula is C20H38N2O3. The first-order valence-corrected chi connectivity index (χ1v) is 10.3. The zero-order valence-electron chi connectivity index (χ0n) is 16.6. The van der Waals surface area contributed by atoms with E-state index in [0.717, 1.165) is 64.7 Å². The molecule has 0 saturated heterocycles. The summed E-state index contributed by atoms with van der Waals surface area (Å²) in [6.07, 6.45) is 7.97. The summed E-state index contributed by atoms with van der Waals surface area (Å²) in [5.41, 5.74) is 0. The van der Waals surface area contributed by atoms with Crippen molar-refractivity contribution >= 4 is 11.9 Å². The summed E-state index contributed by atoms with van der Waals surface area (Å²) in [4.78, 5) is 28.9. The number of nitrogens with zero attached hydrogens (tertiary/aromatic N) is 2. The van der Waals surface area contributed by atoms with Crippen molar-refractivity contribution in [2.75, 3.05) is 39.3 Å². The first-order valence-electron chi connectivity index (χ1n) is 10.3. The summed E-state index contributed by atoms with van der Waals surface area (Å²) in [7, 11) is 0. The van der Waals surface area contributed by atoms with Crippen molar-refractivity contribution in [1.29, 1.82) is 0 Å². The van der Waals surface area contributed by atoms with Gasteiger partial charge < -0.3 is 14.5 Å². The van der Waals surface area contributed by atoms with Gasteiger partial charge in [-0.15, -0.1) is 0 Å². The summed E-state index contributed by atoms with van der Waals surface area (Å²) in [5.74, 6) is 0.220. The zero-order chi connectivity index (χ0) is 18.5. The second-order valence-corrected chi connectivity index (χ2v) is 6.95. The van der Waals surface area contributed by atoms with E-state index in [1.165, 1.54) is 6.42 Å². The Morgan fingerprint density at radius 2 is 1.56 bits per heavy atom. The predicted molar refractivity (Wildman–Crippen MR) is 101 cm³/mol. The van der Waals surface area contributed by atoms with Crippen LogP contribution in [0.5, 0.6) is 0 Å². The van der Waals surface area contributed by atoms with Crippen LogP contribution in [0.3, 0.4) is 0 Å². The van der Waals surface area contributed by atoms with Crippen LogP contribution in [0.25, 0.3) is 0 Å². The highest BCUT2D eigenvalue weighted by atomic mass is 16.5. The molecule has 0 aromatic rings. The summed E-state index contributed by atoms with van der Waals surface area (Å²) in [6.45, 7) is 11.1. The molecule has 1 aliphatic rings. The molecule has 25 heavy (non-hydrogen) atoms. The minimum Gasteiger partial charge on any atom is -0.466 e. The molecule has 0 heterocycles. The third kappa shape index (κ3) is 8.70. The average Bonchev–Trinajstić information content (AvgIpc) is 2.64. The van der Waals surface area contributed by atoms with Gasteiger partial charge in [0.05, 0.1) is 13.0 Å². The van der Waals surface area contributed by atoms with E-state index in [4.69, 9.17) is 4.74 Å². The molecule has 0 radical (unpaired) electrons. The van der Waals surface area contributed by atoms with Crippen molar-refractivity contribution in [2.45, 2.75) is 72.1 Å². The Morgan fingerprint density at radius 3 is 2.16 bits per heavy atom. The highest BCUT2D eigenvalue weighted by molar-refractivity contribution is 5.79. The molecule has 1 saturated carbocycles. The lowest BCUT2D eigenvalue weighted by molar-refractivity contribution is -0.144. The zero-order valence-corrected chi connectivity index (χ0v) is 16.6. The van der Waals surface area contributed by atoms with E-state index < -0.39 is 0 Å². The van der Waals surface area contributed by atoms with Gasteiger partial charge in [0, 0.05) is 19.0 Å². The number of esters is 1. The Morgan fingerprint density at radius 1 is 0.920 bits per heavy atom. The average molecular weight is 355 g/mol. The number of rotatable bonds is 12. The fourth-order valence-corrected chi connectivity index (χ4v) is 3.58. The van der Waals surface area contributed by atoms with E-state index in [0.29, 0.717) is 19.6 Å². The molecule has 0 spiro atoms. The van der Waals surface area contributed by atoms with Gasteiger partial charge in [-0.3, -0.25) is 9.59 Å². The van der Waals surface area contributed by atoms with Gasteiger partial charge in [-0.1, -0.05) is 33.1 Å². The van der Waals surface area contributed by atoms with Crippen molar-refractivity contribution < 1.29 is 14.3 Å². The van der Waals surface area contributed by atoms with Gasteiger partial charge in [0.2, 0.25) is 5.91 Å². The number of hydrogen-bond donors (Lipinski definition) is 0. The van der Waals surface area contributed by atoms with Crippen LogP contribution in [-0.4, -0.2) is 61.0 Å². The molecule has 1 amide bonds. The van der Waals surface area contributed by atoms with E-state index in [-0.39, 0.29) is 17.8 Å². The van der Waals surface area contributed by atoms with Crippen LogP contribution < -0.4 is 0 Å². The van der Waals surface area contributed by atoms with Gasteiger partial charge in [0.1, 0.15) is 0 Å². The third-order valence-corrected chi connectivity index (χ3v) is 5.20. The lowest BCUT2D eigenvalue weighted by Crippen LogP contribution is -2.39. The van der Waals surface area contributed by atoms with E-state index in [9.17, 15) is 9.59 Å². The fraction of sp³-hybridized carbons (Fsp3) is 0.900. The van der Waals surface area contributed by atoms with Crippen LogP contribution in [0.4, 0.5) is 0 Å². The maximum absolute atomic E-state index is 12.9. The Balaban J connectivity index is 2.48. The van der Waals surface area contributed by atoms with E-state index >= 15 is 0 Å². The number of hydrogen-bond acceptors (Lipinski definition) is 4. The van der Waals surface area contributed by atoms with Crippen LogP contribution in [0.2, 0.25) is 0 Å². The molecule has 0 aromatic carbocycles. The molecule has 146 valence electrons. The van der Waals surface area contributed by atoms with Crippen molar-refractivity contribution in [3.63, 3.8) is 0 Å². The summed E-state index contributed by atoms with van der Waals surface area (Å²) in [5, 5.41) is 0. The van der Waals surface area contributed by atoms with Crippen molar-refractivity contribution in [3.05, 3.63) is 0 Å². The molecule has 1 fully saturated rings. The van der Waals surface area contributed by atoms with Gasteiger partial charge in [0.25, 0.3) is 0 Å². The van der Waals surface area contributed by atoms with E-state index in [1.807, 2.05) is 11.8 Å². The first-order chi connectivity index (χ1) is 12.1. The maximum atomic E-state index is 12.9. The van der Waals surface area contributed by atoms with Gasteiger partial charge in [-0.05, 0) is 52.2 Å². The Hall–Kier alpha value is -1.10. The maximum Gasteiger partial charge on any atom is 0.307 e. The van der Waals surface area contributed by atoms with Crippen molar-refractivity contribution in [3.8, 4) is 0 Å². The topological polar surface area (TPSA) is 49.9 Å². The highest BCUT2D eigenvalue weighted by Gasteiger charge is 2.26. The molecule has 0 unspecified atom stereocenters. The molecule has 0 aromatic heterocycles. The van der Waals surface area contributed by atoms with E-state index in [1.54, 1.807) is 0 Å². The van der Waals surface area contributed by atoms with Crippen LogP contribution >= 0.6 is 0 Å². The van der Waals surface area contributed by atoms with Crippen molar-refractivity contribution in [1.82, 2.24) is 9.80 Å². The lowest BCUT2D eigenvalue weighted by Gasteiger charge is -2.29. The van der Waals surface area contributed by atoms with Crippen LogP contribution in [0, 0.1) is 5.92 Å². The van der Waals surface area contributed by atoms with Gasteiger partial charge in [-0.2, -0.15) is 0 Å². The third-order valence-electron chi connectivity index (χ3n) is 5.20. The van der Waals surface area contributed by atoms with Gasteiger partial charge in [0.15, 0.2) is 0 Å². The Labute approximate surface area is 154 Å². The molecule has 1 rings (SSSR count). The van der Waals surface area contributed by atoms with Gasteiger partial charge in [-0.25, -0.2) is 0 Å². The van der Waals surface area contributed by atoms with Crippen LogP contribution in [-0.2, 0) is 14.3 Å². The number of carbonyl (C=O) groups is 2. The molecule has 5 heteroatoms. The molecule has 0 bridgehead atoms. The smallest absolute Gasteiger partial charge is 0.307 e. The van der Waals surface area contributed by atoms with Crippen molar-refractivity contribution in [2.24, 2.45) is 5.92 Å².